The summed E-state index contributed by atoms with van der Waals surface area (Å²) in [4.78, 5) is 7.24. The lowest BCUT2D eigenvalue weighted by Gasteiger charge is -2.35. The molecule has 0 aliphatic carbocycles. The first kappa shape index (κ1) is 14.7. The molecule has 0 spiro atoms. The number of piperidine rings is 1. The Balaban J connectivity index is 1.79. The first-order valence-corrected chi connectivity index (χ1v) is 8.84. The molecule has 2 N–H and O–H groups in total. The standard InChI is InChI=1S/C16H20N4O2S/c1-10-6-11(2)8-19(7-10)13(12-4-3-5-22-12)14-15(21)20-16(23-14)17-9-18-20/h3-5,9-11,13,21H,6-8H2,1-2H3/p+1/t10-,11+,13-/m0/s1. The van der Waals surface area contributed by atoms with Crippen molar-refractivity contribution in [3.05, 3.63) is 35.4 Å². The van der Waals surface area contributed by atoms with E-state index < -0.39 is 0 Å². The van der Waals surface area contributed by atoms with Crippen LogP contribution in [0, 0.1) is 11.8 Å². The molecule has 23 heavy (non-hydrogen) atoms. The molecule has 6 nitrogen and oxygen atoms in total. The Bertz CT molecular complexity index is 784. The third kappa shape index (κ3) is 2.53. The van der Waals surface area contributed by atoms with Gasteiger partial charge in [0.25, 0.3) is 0 Å². The Labute approximate surface area is 138 Å². The van der Waals surface area contributed by atoms with Crippen LogP contribution in [0.15, 0.2) is 29.1 Å². The number of aromatic nitrogens is 3. The number of furan rings is 1. The molecule has 1 unspecified atom stereocenters. The Morgan fingerprint density at radius 2 is 2.17 bits per heavy atom. The van der Waals surface area contributed by atoms with Crippen LogP contribution in [0.3, 0.4) is 0 Å². The van der Waals surface area contributed by atoms with Crippen LogP contribution in [0.2, 0.25) is 0 Å². The summed E-state index contributed by atoms with van der Waals surface area (Å²) < 4.78 is 7.23. The lowest BCUT2D eigenvalue weighted by Crippen LogP contribution is -3.14. The lowest BCUT2D eigenvalue weighted by molar-refractivity contribution is -0.937. The molecular weight excluding hydrogens is 312 g/mol. The van der Waals surface area contributed by atoms with E-state index in [0.29, 0.717) is 16.8 Å². The number of hydrogen-bond acceptors (Lipinski definition) is 5. The summed E-state index contributed by atoms with van der Waals surface area (Å²) in [5.74, 6) is 2.40. The zero-order valence-electron chi connectivity index (χ0n) is 13.3. The van der Waals surface area contributed by atoms with Crippen LogP contribution in [-0.2, 0) is 0 Å². The molecule has 4 atom stereocenters. The second kappa shape index (κ2) is 5.65. The molecule has 1 saturated heterocycles. The second-order valence-corrected chi connectivity index (χ2v) is 7.71. The number of aromatic hydroxyl groups is 1. The SMILES string of the molecule is C[C@@H]1C[C@H](C)C[NH+]([C@@H](c2ccco2)c2sc3ncnn3c2O)C1. The van der Waals surface area contributed by atoms with Gasteiger partial charge in [0.15, 0.2) is 11.8 Å². The van der Waals surface area contributed by atoms with Gasteiger partial charge in [0.2, 0.25) is 10.8 Å². The summed E-state index contributed by atoms with van der Waals surface area (Å²) in [6.07, 6.45) is 4.43. The van der Waals surface area contributed by atoms with Crippen LogP contribution in [-0.4, -0.2) is 32.8 Å². The number of quaternary nitrogens is 1. The van der Waals surface area contributed by atoms with E-state index in [4.69, 9.17) is 4.42 Å². The van der Waals surface area contributed by atoms with Gasteiger partial charge in [0.05, 0.1) is 19.4 Å². The molecule has 1 aliphatic heterocycles. The van der Waals surface area contributed by atoms with Crippen molar-refractivity contribution in [1.29, 1.82) is 0 Å². The van der Waals surface area contributed by atoms with Gasteiger partial charge in [-0.3, -0.25) is 0 Å². The van der Waals surface area contributed by atoms with Crippen LogP contribution in [0.25, 0.3) is 4.96 Å². The molecule has 7 heteroatoms. The van der Waals surface area contributed by atoms with Crippen molar-refractivity contribution < 1.29 is 14.4 Å². The van der Waals surface area contributed by atoms with E-state index in [1.807, 2.05) is 12.1 Å². The monoisotopic (exact) mass is 333 g/mol. The molecule has 4 heterocycles. The molecule has 0 bridgehead atoms. The van der Waals surface area contributed by atoms with Gasteiger partial charge >= 0.3 is 0 Å². The average molecular weight is 333 g/mol. The van der Waals surface area contributed by atoms with Crippen molar-refractivity contribution in [2.75, 3.05) is 13.1 Å². The fourth-order valence-corrected chi connectivity index (χ4v) is 5.02. The normalized spacial score (nSPS) is 26.6. The maximum Gasteiger partial charge on any atom is 0.235 e. The van der Waals surface area contributed by atoms with Crippen molar-refractivity contribution in [3.8, 4) is 5.88 Å². The van der Waals surface area contributed by atoms with E-state index in [9.17, 15) is 5.11 Å². The van der Waals surface area contributed by atoms with Crippen LogP contribution < -0.4 is 4.90 Å². The van der Waals surface area contributed by atoms with Gasteiger partial charge in [-0.05, 0) is 18.6 Å². The van der Waals surface area contributed by atoms with Crippen LogP contribution >= 0.6 is 11.3 Å². The number of fused-ring (bicyclic) bond motifs is 1. The highest BCUT2D eigenvalue weighted by molar-refractivity contribution is 7.17. The molecule has 1 aliphatic rings. The van der Waals surface area contributed by atoms with Crippen LogP contribution in [0.1, 0.15) is 36.9 Å². The summed E-state index contributed by atoms with van der Waals surface area (Å²) in [5, 5.41) is 14.7. The number of rotatable bonds is 3. The van der Waals surface area contributed by atoms with Gasteiger partial charge in [-0.2, -0.15) is 9.61 Å². The highest BCUT2D eigenvalue weighted by Crippen LogP contribution is 2.35. The summed E-state index contributed by atoms with van der Waals surface area (Å²) in [7, 11) is 0. The maximum atomic E-state index is 10.6. The molecule has 4 rings (SSSR count). The molecule has 0 aromatic carbocycles. The van der Waals surface area contributed by atoms with Crippen molar-refractivity contribution in [3.63, 3.8) is 0 Å². The van der Waals surface area contributed by atoms with E-state index in [2.05, 4.69) is 23.9 Å². The fourth-order valence-electron chi connectivity index (χ4n) is 3.92. The van der Waals surface area contributed by atoms with Gasteiger partial charge in [0, 0.05) is 11.8 Å². The molecule has 3 aromatic rings. The van der Waals surface area contributed by atoms with Crippen LogP contribution in [0.4, 0.5) is 0 Å². The second-order valence-electron chi connectivity index (χ2n) is 6.71. The number of nitrogens with one attached hydrogen (secondary N) is 1. The first-order chi connectivity index (χ1) is 11.1. The fraction of sp³-hybridized carbons (Fsp3) is 0.500. The minimum atomic E-state index is -0.0105. The van der Waals surface area contributed by atoms with Gasteiger partial charge < -0.3 is 14.4 Å². The smallest absolute Gasteiger partial charge is 0.235 e. The summed E-state index contributed by atoms with van der Waals surface area (Å²) in [5.41, 5.74) is 0. The zero-order chi connectivity index (χ0) is 16.0. The van der Waals surface area contributed by atoms with E-state index >= 15 is 0 Å². The largest absolute Gasteiger partial charge is 0.492 e. The Hall–Kier alpha value is -1.86. The van der Waals surface area contributed by atoms with Gasteiger partial charge in [0.1, 0.15) is 11.2 Å². The summed E-state index contributed by atoms with van der Waals surface area (Å²) >= 11 is 1.49. The summed E-state index contributed by atoms with van der Waals surface area (Å²) in [6.45, 7) is 6.75. The van der Waals surface area contributed by atoms with E-state index in [-0.39, 0.29) is 11.9 Å². The van der Waals surface area contributed by atoms with Crippen molar-refractivity contribution in [1.82, 2.24) is 14.6 Å². The Kier molecular flexibility index (Phi) is 3.61. The molecule has 0 amide bonds. The van der Waals surface area contributed by atoms with Crippen molar-refractivity contribution in [2.45, 2.75) is 26.3 Å². The third-order valence-electron chi connectivity index (χ3n) is 4.66. The Morgan fingerprint density at radius 3 is 2.83 bits per heavy atom. The topological polar surface area (TPSA) is 68.0 Å². The molecule has 0 saturated carbocycles. The highest BCUT2D eigenvalue weighted by atomic mass is 32.1. The number of nitrogens with zero attached hydrogens (tertiary/aromatic N) is 3. The molecular formula is C16H21N4O2S+. The maximum absolute atomic E-state index is 10.6. The highest BCUT2D eigenvalue weighted by Gasteiger charge is 2.38. The minimum Gasteiger partial charge on any atom is -0.492 e. The minimum absolute atomic E-state index is 0.0105. The van der Waals surface area contributed by atoms with Gasteiger partial charge in [-0.15, -0.1) is 0 Å². The lowest BCUT2D eigenvalue weighted by atomic mass is 9.90. The quantitative estimate of drug-likeness (QED) is 0.766. The number of likely N-dealkylation sites (tertiary alicyclic amines) is 1. The molecule has 3 aromatic heterocycles. The number of thiazole rings is 1. The molecule has 1 fully saturated rings. The van der Waals surface area contributed by atoms with Crippen molar-refractivity contribution >= 4 is 16.3 Å². The van der Waals surface area contributed by atoms with Gasteiger partial charge in [-0.1, -0.05) is 25.2 Å². The van der Waals surface area contributed by atoms with E-state index in [1.165, 1.54) is 33.5 Å². The van der Waals surface area contributed by atoms with E-state index in [1.54, 1.807) is 6.26 Å². The molecule has 122 valence electrons. The van der Waals surface area contributed by atoms with Crippen LogP contribution in [0.5, 0.6) is 5.88 Å². The number of hydrogen-bond donors (Lipinski definition) is 2. The van der Waals surface area contributed by atoms with Gasteiger partial charge in [-0.25, -0.2) is 4.98 Å². The predicted molar refractivity (Wildman–Crippen MR) is 86.7 cm³/mol. The zero-order valence-corrected chi connectivity index (χ0v) is 14.1. The summed E-state index contributed by atoms with van der Waals surface area (Å²) in [6, 6.07) is 3.90. The molecule has 0 radical (unpaired) electrons. The first-order valence-electron chi connectivity index (χ1n) is 8.03. The Morgan fingerprint density at radius 1 is 1.39 bits per heavy atom. The average Bonchev–Trinajstić information content (AvgIpc) is 3.20. The van der Waals surface area contributed by atoms with E-state index in [0.717, 1.165) is 23.7 Å². The predicted octanol–water partition coefficient (Wildman–Crippen LogP) is 1.74. The van der Waals surface area contributed by atoms with Crippen molar-refractivity contribution in [2.24, 2.45) is 11.8 Å². The third-order valence-corrected chi connectivity index (χ3v) is 5.76.